The molecule has 0 saturated heterocycles. The number of carboxylic acids is 1. The molecule has 1 aromatic rings. The highest BCUT2D eigenvalue weighted by molar-refractivity contribution is 5.77. The second kappa shape index (κ2) is 6.17. The van der Waals surface area contributed by atoms with Crippen molar-refractivity contribution in [2.75, 3.05) is 5.32 Å². The first kappa shape index (κ1) is 14.9. The lowest BCUT2D eigenvalue weighted by atomic mass is 10.0. The Balaban J connectivity index is 2.88. The van der Waals surface area contributed by atoms with Crippen molar-refractivity contribution >= 4 is 17.3 Å². The van der Waals surface area contributed by atoms with Crippen LogP contribution in [0.15, 0.2) is 18.2 Å². The molecule has 0 aromatic heterocycles. The fourth-order valence-electron chi connectivity index (χ4n) is 1.84. The first-order valence-electron chi connectivity index (χ1n) is 6.05. The van der Waals surface area contributed by atoms with Crippen LogP contribution in [0.1, 0.15) is 25.8 Å². The summed E-state index contributed by atoms with van der Waals surface area (Å²) in [6.45, 7) is 5.51. The van der Waals surface area contributed by atoms with Crippen molar-refractivity contribution in [1.82, 2.24) is 0 Å². The van der Waals surface area contributed by atoms with Crippen LogP contribution in [0.2, 0.25) is 0 Å². The van der Waals surface area contributed by atoms with Gasteiger partial charge in [-0.1, -0.05) is 13.8 Å². The number of carbonyl (C=O) groups is 1. The van der Waals surface area contributed by atoms with Crippen LogP contribution >= 0.6 is 0 Å². The number of hydrogen-bond acceptors (Lipinski definition) is 4. The van der Waals surface area contributed by atoms with Crippen molar-refractivity contribution < 1.29 is 14.8 Å². The summed E-state index contributed by atoms with van der Waals surface area (Å²) in [5.41, 5.74) is 1.11. The summed E-state index contributed by atoms with van der Waals surface area (Å²) in [7, 11) is 0. The number of nitrogens with zero attached hydrogens (tertiary/aromatic N) is 1. The average Bonchev–Trinajstić information content (AvgIpc) is 2.26. The number of aryl methyl sites for hydroxylation is 1. The SMILES string of the molecule is Cc1cc(NC(CC(C)C)C(=O)O)ccc1[N+](=O)[O-]. The van der Waals surface area contributed by atoms with Gasteiger partial charge >= 0.3 is 5.97 Å². The van der Waals surface area contributed by atoms with Crippen LogP contribution in [-0.4, -0.2) is 22.0 Å². The molecular weight excluding hydrogens is 248 g/mol. The van der Waals surface area contributed by atoms with E-state index in [9.17, 15) is 14.9 Å². The Hall–Kier alpha value is -2.11. The topological polar surface area (TPSA) is 92.5 Å². The Morgan fingerprint density at radius 1 is 1.47 bits per heavy atom. The third-order valence-corrected chi connectivity index (χ3v) is 2.74. The molecule has 0 radical (unpaired) electrons. The van der Waals surface area contributed by atoms with Crippen LogP contribution < -0.4 is 5.32 Å². The van der Waals surface area contributed by atoms with E-state index < -0.39 is 16.9 Å². The van der Waals surface area contributed by atoms with Crippen LogP contribution in [-0.2, 0) is 4.79 Å². The average molecular weight is 266 g/mol. The quantitative estimate of drug-likeness (QED) is 0.610. The Bertz CT molecular complexity index is 486. The molecule has 1 rings (SSSR count). The maximum absolute atomic E-state index is 11.1. The summed E-state index contributed by atoms with van der Waals surface area (Å²) in [6.07, 6.45) is 0.491. The third kappa shape index (κ3) is 4.24. The van der Waals surface area contributed by atoms with Gasteiger partial charge in [0.25, 0.3) is 5.69 Å². The highest BCUT2D eigenvalue weighted by atomic mass is 16.6. The molecule has 6 nitrogen and oxygen atoms in total. The molecule has 0 spiro atoms. The lowest BCUT2D eigenvalue weighted by Gasteiger charge is -2.17. The minimum atomic E-state index is -0.926. The fraction of sp³-hybridized carbons (Fsp3) is 0.462. The maximum atomic E-state index is 11.1. The number of benzene rings is 1. The molecular formula is C13H18N2O4. The number of rotatable bonds is 6. The largest absolute Gasteiger partial charge is 0.480 e. The van der Waals surface area contributed by atoms with Gasteiger partial charge < -0.3 is 10.4 Å². The zero-order chi connectivity index (χ0) is 14.6. The Kier molecular flexibility index (Phi) is 4.86. The zero-order valence-corrected chi connectivity index (χ0v) is 11.2. The predicted octanol–water partition coefficient (Wildman–Crippen LogP) is 2.81. The first-order chi connectivity index (χ1) is 8.81. The minimum Gasteiger partial charge on any atom is -0.480 e. The smallest absolute Gasteiger partial charge is 0.326 e. The van der Waals surface area contributed by atoms with Crippen LogP contribution in [0.3, 0.4) is 0 Å². The third-order valence-electron chi connectivity index (χ3n) is 2.74. The van der Waals surface area contributed by atoms with E-state index in [1.165, 1.54) is 12.1 Å². The number of nitro groups is 1. The van der Waals surface area contributed by atoms with E-state index in [2.05, 4.69) is 5.32 Å². The molecule has 0 aliphatic heterocycles. The number of nitrogens with one attached hydrogen (secondary N) is 1. The van der Waals surface area contributed by atoms with Crippen molar-refractivity contribution in [2.24, 2.45) is 5.92 Å². The van der Waals surface area contributed by atoms with Gasteiger partial charge in [0.15, 0.2) is 0 Å². The van der Waals surface area contributed by atoms with Gasteiger partial charge in [0.1, 0.15) is 6.04 Å². The Labute approximate surface area is 111 Å². The van der Waals surface area contributed by atoms with Gasteiger partial charge in [-0.2, -0.15) is 0 Å². The number of carboxylic acid groups (broad SMARTS) is 1. The standard InChI is InChI=1S/C13H18N2O4/c1-8(2)6-11(13(16)17)14-10-4-5-12(15(18)19)9(3)7-10/h4-5,7-8,11,14H,6H2,1-3H3,(H,16,17). The van der Waals surface area contributed by atoms with Gasteiger partial charge in [-0.05, 0) is 31.4 Å². The van der Waals surface area contributed by atoms with E-state index in [0.29, 0.717) is 17.7 Å². The van der Waals surface area contributed by atoms with Crippen molar-refractivity contribution in [1.29, 1.82) is 0 Å². The monoisotopic (exact) mass is 266 g/mol. The number of hydrogen-bond donors (Lipinski definition) is 2. The number of anilines is 1. The van der Waals surface area contributed by atoms with Crippen molar-refractivity contribution in [3.63, 3.8) is 0 Å². The molecule has 19 heavy (non-hydrogen) atoms. The molecule has 1 aromatic carbocycles. The molecule has 0 heterocycles. The minimum absolute atomic E-state index is 0.0290. The molecule has 0 saturated carbocycles. The lowest BCUT2D eigenvalue weighted by Crippen LogP contribution is -2.30. The normalized spacial score (nSPS) is 12.2. The van der Waals surface area contributed by atoms with Crippen LogP contribution in [0.25, 0.3) is 0 Å². The predicted molar refractivity (Wildman–Crippen MR) is 72.3 cm³/mol. The Morgan fingerprint density at radius 2 is 2.11 bits per heavy atom. The molecule has 1 atom stereocenters. The molecule has 1 unspecified atom stereocenters. The van der Waals surface area contributed by atoms with Crippen LogP contribution in [0.4, 0.5) is 11.4 Å². The van der Waals surface area contributed by atoms with Gasteiger partial charge in [0, 0.05) is 17.3 Å². The maximum Gasteiger partial charge on any atom is 0.326 e. The van der Waals surface area contributed by atoms with Gasteiger partial charge in [-0.15, -0.1) is 0 Å². The summed E-state index contributed by atoms with van der Waals surface area (Å²) < 4.78 is 0. The summed E-state index contributed by atoms with van der Waals surface area (Å²) in [6, 6.07) is 3.81. The van der Waals surface area contributed by atoms with E-state index in [1.807, 2.05) is 13.8 Å². The van der Waals surface area contributed by atoms with E-state index in [1.54, 1.807) is 13.0 Å². The fourth-order valence-corrected chi connectivity index (χ4v) is 1.84. The van der Waals surface area contributed by atoms with E-state index >= 15 is 0 Å². The van der Waals surface area contributed by atoms with Gasteiger partial charge in [-0.25, -0.2) is 4.79 Å². The van der Waals surface area contributed by atoms with E-state index in [4.69, 9.17) is 5.11 Å². The molecule has 0 aliphatic rings. The summed E-state index contributed by atoms with van der Waals surface area (Å²) in [5, 5.41) is 22.7. The second-order valence-electron chi connectivity index (χ2n) is 4.92. The van der Waals surface area contributed by atoms with Gasteiger partial charge in [0.2, 0.25) is 0 Å². The molecule has 104 valence electrons. The molecule has 0 aliphatic carbocycles. The van der Waals surface area contributed by atoms with Crippen LogP contribution in [0, 0.1) is 23.0 Å². The van der Waals surface area contributed by atoms with Crippen molar-refractivity contribution in [3.05, 3.63) is 33.9 Å². The van der Waals surface area contributed by atoms with E-state index in [0.717, 1.165) is 0 Å². The van der Waals surface area contributed by atoms with Gasteiger partial charge in [0.05, 0.1) is 4.92 Å². The van der Waals surface area contributed by atoms with Crippen molar-refractivity contribution in [3.8, 4) is 0 Å². The highest BCUT2D eigenvalue weighted by Crippen LogP contribution is 2.22. The zero-order valence-electron chi connectivity index (χ0n) is 11.2. The lowest BCUT2D eigenvalue weighted by molar-refractivity contribution is -0.385. The molecule has 0 fully saturated rings. The molecule has 2 N–H and O–H groups in total. The highest BCUT2D eigenvalue weighted by Gasteiger charge is 2.19. The van der Waals surface area contributed by atoms with Gasteiger partial charge in [-0.3, -0.25) is 10.1 Å². The molecule has 0 amide bonds. The number of nitro benzene ring substituents is 1. The molecule has 0 bridgehead atoms. The summed E-state index contributed by atoms with van der Waals surface area (Å²) >= 11 is 0. The second-order valence-corrected chi connectivity index (χ2v) is 4.92. The number of aliphatic carboxylic acids is 1. The summed E-state index contributed by atoms with van der Waals surface area (Å²) in [4.78, 5) is 21.4. The Morgan fingerprint density at radius 3 is 2.53 bits per heavy atom. The van der Waals surface area contributed by atoms with E-state index in [-0.39, 0.29) is 11.6 Å². The van der Waals surface area contributed by atoms with Crippen molar-refractivity contribution in [2.45, 2.75) is 33.2 Å². The molecule has 6 heteroatoms. The summed E-state index contributed by atoms with van der Waals surface area (Å²) in [5.74, 6) is -0.683. The first-order valence-corrected chi connectivity index (χ1v) is 6.05. The van der Waals surface area contributed by atoms with Crippen LogP contribution in [0.5, 0.6) is 0 Å².